The number of nitrogens with two attached hydrogens (primary N) is 1. The maximum absolute atomic E-state index is 14.0. The highest BCUT2D eigenvalue weighted by Crippen LogP contribution is 2.33. The summed E-state index contributed by atoms with van der Waals surface area (Å²) in [4.78, 5) is 27.5. The lowest BCUT2D eigenvalue weighted by molar-refractivity contribution is -0.126. The van der Waals surface area contributed by atoms with Crippen LogP contribution in [0.25, 0.3) is 22.3 Å². The molecule has 2 aromatic heterocycles. The summed E-state index contributed by atoms with van der Waals surface area (Å²) in [6.07, 6.45) is -2.13. The van der Waals surface area contributed by atoms with Crippen molar-refractivity contribution in [2.24, 2.45) is 0 Å². The number of anilines is 2. The molecule has 0 bridgehead atoms. The van der Waals surface area contributed by atoms with Gasteiger partial charge in [0.05, 0.1) is 11.1 Å². The summed E-state index contributed by atoms with van der Waals surface area (Å²) in [5.41, 5.74) is 3.66. The molecule has 0 atom stereocenters. The van der Waals surface area contributed by atoms with Gasteiger partial charge in [0.1, 0.15) is 29.0 Å². The molecule has 7 nitrogen and oxygen atoms in total. The molecular weight excluding hydrogens is 365 g/mol. The van der Waals surface area contributed by atoms with Gasteiger partial charge in [-0.25, -0.2) is 9.37 Å². The fourth-order valence-corrected chi connectivity index (χ4v) is 2.32. The largest absolute Gasteiger partial charge is 0.453 e. The monoisotopic (exact) mass is 374 g/mol. The Morgan fingerprint density at radius 3 is 2.67 bits per heavy atom. The van der Waals surface area contributed by atoms with Crippen LogP contribution in [0.3, 0.4) is 0 Å². The summed E-state index contributed by atoms with van der Waals surface area (Å²) in [6.45, 7) is 0. The molecule has 0 aliphatic heterocycles. The summed E-state index contributed by atoms with van der Waals surface area (Å²) in [5.74, 6) is -2.85. The van der Waals surface area contributed by atoms with E-state index in [-0.39, 0.29) is 22.4 Å². The number of halogens is 3. The zero-order valence-electron chi connectivity index (χ0n) is 13.3. The number of hydrogen-bond acceptors (Lipinski definition) is 6. The van der Waals surface area contributed by atoms with Gasteiger partial charge in [-0.15, -0.1) is 0 Å². The average molecular weight is 374 g/mol. The molecule has 0 aliphatic rings. The normalized spacial score (nSPS) is 10.8. The van der Waals surface area contributed by atoms with Gasteiger partial charge in [0.15, 0.2) is 11.0 Å². The van der Waals surface area contributed by atoms with Gasteiger partial charge in [0, 0.05) is 17.8 Å². The number of alkyl halides is 2. The van der Waals surface area contributed by atoms with Crippen molar-refractivity contribution in [1.29, 1.82) is 5.26 Å². The van der Waals surface area contributed by atoms with Gasteiger partial charge in [-0.1, -0.05) is 0 Å². The van der Waals surface area contributed by atoms with Crippen molar-refractivity contribution in [2.75, 3.05) is 11.1 Å². The van der Waals surface area contributed by atoms with Crippen LogP contribution >= 0.6 is 0 Å². The van der Waals surface area contributed by atoms with Crippen LogP contribution in [0.4, 0.5) is 24.5 Å². The molecule has 10 heteroatoms. The van der Waals surface area contributed by atoms with Crippen LogP contribution in [0.15, 0.2) is 39.7 Å². The minimum absolute atomic E-state index is 0.0388. The third-order valence-electron chi connectivity index (χ3n) is 3.62. The number of carbonyl (C=O) groups excluding carboxylic acids is 1. The molecule has 2 heterocycles. The molecule has 27 heavy (non-hydrogen) atoms. The van der Waals surface area contributed by atoms with Crippen LogP contribution < -0.4 is 16.5 Å². The second kappa shape index (κ2) is 6.80. The third-order valence-corrected chi connectivity index (χ3v) is 3.62. The quantitative estimate of drug-likeness (QED) is 0.680. The topological polar surface area (TPSA) is 122 Å². The van der Waals surface area contributed by atoms with E-state index in [1.165, 1.54) is 18.3 Å². The molecule has 0 unspecified atom stereocenters. The predicted molar refractivity (Wildman–Crippen MR) is 89.4 cm³/mol. The minimum Gasteiger partial charge on any atom is -0.453 e. The highest BCUT2D eigenvalue weighted by molar-refractivity contribution is 6.05. The van der Waals surface area contributed by atoms with E-state index in [1.807, 2.05) is 6.07 Å². The smallest absolute Gasteiger partial charge is 0.315 e. The molecular formula is C17H9F3N4O3. The number of benzene rings is 1. The second-order valence-electron chi connectivity index (χ2n) is 5.33. The van der Waals surface area contributed by atoms with Gasteiger partial charge in [-0.3, -0.25) is 9.59 Å². The van der Waals surface area contributed by atoms with Gasteiger partial charge in [0.25, 0.3) is 5.91 Å². The zero-order valence-corrected chi connectivity index (χ0v) is 13.3. The molecule has 0 aliphatic carbocycles. The first kappa shape index (κ1) is 17.9. The third kappa shape index (κ3) is 3.30. The van der Waals surface area contributed by atoms with Crippen molar-refractivity contribution < 1.29 is 22.4 Å². The molecule has 3 rings (SSSR count). The van der Waals surface area contributed by atoms with E-state index < -0.39 is 35.0 Å². The van der Waals surface area contributed by atoms with E-state index in [1.54, 1.807) is 5.32 Å². The molecule has 3 N–H and O–H groups in total. The van der Waals surface area contributed by atoms with Gasteiger partial charge in [0.2, 0.25) is 0 Å². The Hall–Kier alpha value is -3.87. The van der Waals surface area contributed by atoms with Crippen LogP contribution in [0.2, 0.25) is 0 Å². The molecule has 0 saturated carbocycles. The Balaban J connectivity index is 2.25. The first-order valence-corrected chi connectivity index (χ1v) is 7.33. The molecule has 1 aromatic carbocycles. The first-order chi connectivity index (χ1) is 12.8. The number of nitrogens with one attached hydrogen (secondary N) is 1. The maximum atomic E-state index is 14.0. The summed E-state index contributed by atoms with van der Waals surface area (Å²) in [6, 6.07) is 6.47. The first-order valence-electron chi connectivity index (χ1n) is 7.33. The van der Waals surface area contributed by atoms with Gasteiger partial charge in [-0.2, -0.15) is 14.0 Å². The summed E-state index contributed by atoms with van der Waals surface area (Å²) in [5, 5.41) is 10.2. The fraction of sp³-hybridized carbons (Fsp3) is 0.0588. The predicted octanol–water partition coefficient (Wildman–Crippen LogP) is 2.65. The number of nitrogens with zero attached hydrogens (tertiary/aromatic N) is 2. The molecule has 0 radical (unpaired) electrons. The molecule has 0 saturated heterocycles. The Morgan fingerprint density at radius 1 is 1.33 bits per heavy atom. The van der Waals surface area contributed by atoms with E-state index >= 15 is 0 Å². The van der Waals surface area contributed by atoms with Crippen LogP contribution in [-0.2, 0) is 4.79 Å². The van der Waals surface area contributed by atoms with Crippen LogP contribution in [-0.4, -0.2) is 17.3 Å². The molecule has 3 aromatic rings. The number of hydrogen-bond donors (Lipinski definition) is 2. The number of fused-ring (bicyclic) bond motifs is 1. The standard InChI is InChI=1S/C17H9F3N4O3/c18-10-3-9-11(25)4-12(7-1-2-8(5-21)23-6-7)27-15(9)14(13(10)22)24-17(26)16(19)20/h1-4,6,16H,22H2,(H,24,26). The number of nitriles is 1. The van der Waals surface area contributed by atoms with Crippen LogP contribution in [0.1, 0.15) is 5.69 Å². The van der Waals surface area contributed by atoms with Gasteiger partial charge in [-0.05, 0) is 18.2 Å². The number of rotatable bonds is 3. The molecule has 136 valence electrons. The van der Waals surface area contributed by atoms with Crippen LogP contribution in [0.5, 0.6) is 0 Å². The Kier molecular flexibility index (Phi) is 4.51. The maximum Gasteiger partial charge on any atom is 0.315 e. The highest BCUT2D eigenvalue weighted by Gasteiger charge is 2.22. The van der Waals surface area contributed by atoms with E-state index in [4.69, 9.17) is 15.4 Å². The summed E-state index contributed by atoms with van der Waals surface area (Å²) < 4.78 is 44.6. The van der Waals surface area contributed by atoms with Crippen molar-refractivity contribution in [2.45, 2.75) is 6.43 Å². The molecule has 0 fully saturated rings. The fourth-order valence-electron chi connectivity index (χ4n) is 2.32. The summed E-state index contributed by atoms with van der Waals surface area (Å²) >= 11 is 0. The van der Waals surface area contributed by atoms with E-state index in [9.17, 15) is 22.8 Å². The zero-order chi connectivity index (χ0) is 19.7. The van der Waals surface area contributed by atoms with E-state index in [0.717, 1.165) is 12.1 Å². The Morgan fingerprint density at radius 2 is 2.07 bits per heavy atom. The highest BCUT2D eigenvalue weighted by atomic mass is 19.3. The number of amides is 1. The van der Waals surface area contributed by atoms with Crippen molar-refractivity contribution in [3.8, 4) is 17.4 Å². The number of aromatic nitrogens is 1. The molecule has 1 amide bonds. The minimum atomic E-state index is -3.39. The lowest BCUT2D eigenvalue weighted by Gasteiger charge is -2.12. The Bertz CT molecular complexity index is 1150. The second-order valence-corrected chi connectivity index (χ2v) is 5.33. The van der Waals surface area contributed by atoms with Crippen molar-refractivity contribution in [3.63, 3.8) is 0 Å². The average Bonchev–Trinajstić information content (AvgIpc) is 2.65. The summed E-state index contributed by atoms with van der Waals surface area (Å²) in [7, 11) is 0. The molecule has 0 spiro atoms. The van der Waals surface area contributed by atoms with Gasteiger partial charge < -0.3 is 15.5 Å². The van der Waals surface area contributed by atoms with Crippen molar-refractivity contribution >= 4 is 28.3 Å². The van der Waals surface area contributed by atoms with Crippen LogP contribution in [0, 0.1) is 17.1 Å². The lowest BCUT2D eigenvalue weighted by atomic mass is 10.1. The van der Waals surface area contributed by atoms with Gasteiger partial charge >= 0.3 is 6.43 Å². The number of nitrogen functional groups attached to an aromatic ring is 1. The van der Waals surface area contributed by atoms with E-state index in [2.05, 4.69) is 4.98 Å². The van der Waals surface area contributed by atoms with Crippen molar-refractivity contribution in [3.05, 3.63) is 52.2 Å². The number of pyridine rings is 1. The SMILES string of the molecule is N#Cc1ccc(-c2cc(=O)c3cc(F)c(N)c(NC(=O)C(F)F)c3o2)cn1. The number of carbonyl (C=O) groups is 1. The van der Waals surface area contributed by atoms with E-state index in [0.29, 0.717) is 5.56 Å². The van der Waals surface area contributed by atoms with Crippen molar-refractivity contribution in [1.82, 2.24) is 4.98 Å². The Labute approximate surface area is 148 Å². The lowest BCUT2D eigenvalue weighted by Crippen LogP contribution is -2.21.